The number of carbonyl (C=O) groups is 1. The van der Waals surface area contributed by atoms with Gasteiger partial charge in [-0.1, -0.05) is 0 Å². The minimum atomic E-state index is -0.378. The lowest BCUT2D eigenvalue weighted by Crippen LogP contribution is -2.08. The van der Waals surface area contributed by atoms with E-state index in [2.05, 4.69) is 19.8 Å². The number of esters is 1. The molecule has 0 spiro atoms. The Balaban J connectivity index is 1.41. The van der Waals surface area contributed by atoms with Crippen LogP contribution in [0.5, 0.6) is 5.75 Å². The number of nitrogens with zero attached hydrogens (tertiary/aromatic N) is 4. The average molecular weight is 393 g/mol. The second-order valence-corrected chi connectivity index (χ2v) is 6.23. The summed E-state index contributed by atoms with van der Waals surface area (Å²) in [6.07, 6.45) is 3.99. The first kappa shape index (κ1) is 18.5. The number of furan rings is 1. The molecule has 9 nitrogen and oxygen atoms in total. The fourth-order valence-corrected chi connectivity index (χ4v) is 2.95. The molecule has 148 valence electrons. The maximum Gasteiger partial charge on any atom is 0.337 e. The number of anilines is 1. The van der Waals surface area contributed by atoms with Gasteiger partial charge in [-0.2, -0.15) is 10.1 Å². The van der Waals surface area contributed by atoms with E-state index in [4.69, 9.17) is 14.9 Å². The van der Waals surface area contributed by atoms with E-state index < -0.39 is 0 Å². The van der Waals surface area contributed by atoms with Crippen LogP contribution in [0.1, 0.15) is 16.8 Å². The van der Waals surface area contributed by atoms with E-state index >= 15 is 0 Å². The molecule has 0 radical (unpaired) electrons. The van der Waals surface area contributed by atoms with Crippen LogP contribution in [-0.2, 0) is 11.3 Å². The number of hydrogen-bond acceptors (Lipinski definition) is 8. The van der Waals surface area contributed by atoms with Gasteiger partial charge in [0.1, 0.15) is 11.4 Å². The van der Waals surface area contributed by atoms with Gasteiger partial charge in [-0.3, -0.25) is 0 Å². The maximum atomic E-state index is 11.4. The monoisotopic (exact) mass is 393 g/mol. The Kier molecular flexibility index (Phi) is 5.10. The summed E-state index contributed by atoms with van der Waals surface area (Å²) in [5, 5.41) is 5.17. The highest BCUT2D eigenvalue weighted by molar-refractivity contribution is 5.90. The molecule has 4 aromatic rings. The van der Waals surface area contributed by atoms with E-state index in [0.29, 0.717) is 48.0 Å². The molecule has 9 heteroatoms. The molecule has 0 fully saturated rings. The standard InChI is InChI=1S/C20H19N5O4/c1-27-19(26)13-5-7-14(8-6-13)28-11-3-9-25-18-15(12-22-25)17(23-20(21)24-18)16-4-2-10-29-16/h2,4-8,10,12H,3,9,11H2,1H3,(H2,21,23,24). The highest BCUT2D eigenvalue weighted by atomic mass is 16.5. The molecule has 0 aliphatic rings. The van der Waals surface area contributed by atoms with Crippen LogP contribution in [-0.4, -0.2) is 39.4 Å². The Morgan fingerprint density at radius 3 is 2.76 bits per heavy atom. The van der Waals surface area contributed by atoms with Crippen molar-refractivity contribution in [2.45, 2.75) is 13.0 Å². The van der Waals surface area contributed by atoms with Crippen LogP contribution in [0.25, 0.3) is 22.5 Å². The molecule has 0 saturated heterocycles. The first-order valence-electron chi connectivity index (χ1n) is 9.00. The number of ether oxygens (including phenoxy) is 2. The van der Waals surface area contributed by atoms with Crippen molar-refractivity contribution in [2.24, 2.45) is 0 Å². The topological polar surface area (TPSA) is 118 Å². The van der Waals surface area contributed by atoms with Gasteiger partial charge in [-0.05, 0) is 36.4 Å². The summed E-state index contributed by atoms with van der Waals surface area (Å²) in [6.45, 7) is 1.07. The second kappa shape index (κ2) is 8.01. The van der Waals surface area contributed by atoms with E-state index in [1.54, 1.807) is 47.5 Å². The molecule has 0 atom stereocenters. The molecule has 29 heavy (non-hydrogen) atoms. The molecule has 2 N–H and O–H groups in total. The molecular formula is C20H19N5O4. The highest BCUT2D eigenvalue weighted by Crippen LogP contribution is 2.27. The van der Waals surface area contributed by atoms with Gasteiger partial charge in [0.15, 0.2) is 11.4 Å². The summed E-state index contributed by atoms with van der Waals surface area (Å²) < 4.78 is 17.6. The molecule has 0 bridgehead atoms. The number of aromatic nitrogens is 4. The van der Waals surface area contributed by atoms with E-state index in [9.17, 15) is 4.79 Å². The Labute approximate surface area is 166 Å². The fraction of sp³-hybridized carbons (Fsp3) is 0.200. The van der Waals surface area contributed by atoms with Crippen molar-refractivity contribution in [2.75, 3.05) is 19.5 Å². The number of benzene rings is 1. The summed E-state index contributed by atoms with van der Waals surface area (Å²) >= 11 is 0. The van der Waals surface area contributed by atoms with Crippen molar-refractivity contribution in [1.82, 2.24) is 19.7 Å². The first-order valence-corrected chi connectivity index (χ1v) is 9.00. The zero-order valence-electron chi connectivity index (χ0n) is 15.7. The van der Waals surface area contributed by atoms with Gasteiger partial charge >= 0.3 is 5.97 Å². The van der Waals surface area contributed by atoms with Gasteiger partial charge in [-0.25, -0.2) is 14.5 Å². The molecule has 0 aliphatic carbocycles. The number of rotatable bonds is 7. The van der Waals surface area contributed by atoms with Crippen molar-refractivity contribution in [3.63, 3.8) is 0 Å². The summed E-state index contributed by atoms with van der Waals surface area (Å²) in [6, 6.07) is 10.4. The number of nitrogens with two attached hydrogens (primary N) is 1. The molecular weight excluding hydrogens is 374 g/mol. The SMILES string of the molecule is COC(=O)c1ccc(OCCCn2ncc3c(-c4ccco4)nc(N)nc32)cc1. The smallest absolute Gasteiger partial charge is 0.337 e. The van der Waals surface area contributed by atoms with Crippen LogP contribution in [0.15, 0.2) is 53.3 Å². The van der Waals surface area contributed by atoms with Crippen molar-refractivity contribution < 1.29 is 18.7 Å². The lowest BCUT2D eigenvalue weighted by Gasteiger charge is -2.08. The molecule has 0 unspecified atom stereocenters. The minimum absolute atomic E-state index is 0.160. The predicted octanol–water partition coefficient (Wildman–Crippen LogP) is 2.92. The number of nitrogen functional groups attached to an aromatic ring is 1. The minimum Gasteiger partial charge on any atom is -0.494 e. The number of carbonyl (C=O) groups excluding carboxylic acids is 1. The summed E-state index contributed by atoms with van der Waals surface area (Å²) in [4.78, 5) is 20.0. The van der Waals surface area contributed by atoms with Gasteiger partial charge < -0.3 is 19.6 Å². The van der Waals surface area contributed by atoms with Crippen molar-refractivity contribution in [3.05, 3.63) is 54.4 Å². The lowest BCUT2D eigenvalue weighted by atomic mass is 10.2. The zero-order valence-corrected chi connectivity index (χ0v) is 15.7. The highest BCUT2D eigenvalue weighted by Gasteiger charge is 2.15. The average Bonchev–Trinajstić information content (AvgIpc) is 3.41. The van der Waals surface area contributed by atoms with Crippen LogP contribution in [0.4, 0.5) is 5.95 Å². The quantitative estimate of drug-likeness (QED) is 0.376. The number of aryl methyl sites for hydroxylation is 1. The maximum absolute atomic E-state index is 11.4. The van der Waals surface area contributed by atoms with Gasteiger partial charge in [0.25, 0.3) is 0 Å². The van der Waals surface area contributed by atoms with Crippen LogP contribution in [0.3, 0.4) is 0 Å². The van der Waals surface area contributed by atoms with Crippen molar-refractivity contribution >= 4 is 23.0 Å². The number of fused-ring (bicyclic) bond motifs is 1. The number of methoxy groups -OCH3 is 1. The third kappa shape index (κ3) is 3.88. The first-order chi connectivity index (χ1) is 14.2. The Bertz CT molecular complexity index is 1120. The third-order valence-electron chi connectivity index (χ3n) is 4.33. The summed E-state index contributed by atoms with van der Waals surface area (Å²) in [5.74, 6) is 1.07. The molecule has 0 amide bonds. The van der Waals surface area contributed by atoms with Gasteiger partial charge in [0, 0.05) is 13.0 Å². The molecule has 4 rings (SSSR count). The Hall–Kier alpha value is -3.88. The van der Waals surface area contributed by atoms with Gasteiger partial charge in [0.2, 0.25) is 5.95 Å². The molecule has 3 aromatic heterocycles. The molecule has 0 saturated carbocycles. The predicted molar refractivity (Wildman–Crippen MR) is 105 cm³/mol. The van der Waals surface area contributed by atoms with E-state index in [-0.39, 0.29) is 11.9 Å². The van der Waals surface area contributed by atoms with E-state index in [1.807, 2.05) is 6.07 Å². The van der Waals surface area contributed by atoms with Crippen LogP contribution >= 0.6 is 0 Å². The van der Waals surface area contributed by atoms with Crippen LogP contribution in [0, 0.1) is 0 Å². The van der Waals surface area contributed by atoms with Crippen molar-refractivity contribution in [3.8, 4) is 17.2 Å². The molecule has 1 aromatic carbocycles. The van der Waals surface area contributed by atoms with Crippen LogP contribution in [0.2, 0.25) is 0 Å². The fourth-order valence-electron chi connectivity index (χ4n) is 2.95. The molecule has 3 heterocycles. The number of hydrogen-bond donors (Lipinski definition) is 1. The molecule has 0 aliphatic heterocycles. The Morgan fingerprint density at radius 1 is 1.21 bits per heavy atom. The van der Waals surface area contributed by atoms with Crippen molar-refractivity contribution in [1.29, 1.82) is 0 Å². The summed E-state index contributed by atoms with van der Waals surface area (Å²) in [7, 11) is 1.35. The van der Waals surface area contributed by atoms with Crippen LogP contribution < -0.4 is 10.5 Å². The lowest BCUT2D eigenvalue weighted by molar-refractivity contribution is 0.0600. The largest absolute Gasteiger partial charge is 0.494 e. The van der Waals surface area contributed by atoms with E-state index in [1.165, 1.54) is 7.11 Å². The van der Waals surface area contributed by atoms with Gasteiger partial charge in [0.05, 0.1) is 37.1 Å². The zero-order chi connectivity index (χ0) is 20.2. The van der Waals surface area contributed by atoms with Gasteiger partial charge in [-0.15, -0.1) is 0 Å². The van der Waals surface area contributed by atoms with E-state index in [0.717, 1.165) is 5.39 Å². The Morgan fingerprint density at radius 2 is 2.03 bits per heavy atom. The third-order valence-corrected chi connectivity index (χ3v) is 4.33. The normalized spacial score (nSPS) is 10.9. The second-order valence-electron chi connectivity index (χ2n) is 6.23. The summed E-state index contributed by atoms with van der Waals surface area (Å²) in [5.41, 5.74) is 7.61.